The molecule has 2 heterocycles. The second kappa shape index (κ2) is 8.64. The first-order valence-electron chi connectivity index (χ1n) is 10.4. The quantitative estimate of drug-likeness (QED) is 0.464. The molecule has 1 aromatic heterocycles. The fourth-order valence-electron chi connectivity index (χ4n) is 3.94. The summed E-state index contributed by atoms with van der Waals surface area (Å²) in [5, 5.41) is 1.14. The number of hydrogen-bond acceptors (Lipinski definition) is 4. The summed E-state index contributed by atoms with van der Waals surface area (Å²) in [5.41, 5.74) is 3.61. The van der Waals surface area contributed by atoms with Crippen molar-refractivity contribution in [3.05, 3.63) is 63.9 Å². The van der Waals surface area contributed by atoms with Gasteiger partial charge in [0.15, 0.2) is 5.16 Å². The molecule has 0 bridgehead atoms. The van der Waals surface area contributed by atoms with Crippen LogP contribution in [0.3, 0.4) is 0 Å². The van der Waals surface area contributed by atoms with Gasteiger partial charge in [0.1, 0.15) is 0 Å². The molecule has 3 aromatic rings. The number of piperidine rings is 1. The lowest BCUT2D eigenvalue weighted by atomic mass is 10.0. The predicted octanol–water partition coefficient (Wildman–Crippen LogP) is 4.35. The molecule has 1 atom stereocenters. The minimum absolute atomic E-state index is 0.106. The number of carbonyl (C=O) groups excluding carboxylic acids is 1. The summed E-state index contributed by atoms with van der Waals surface area (Å²) >= 11 is 1.34. The van der Waals surface area contributed by atoms with Gasteiger partial charge in [-0.25, -0.2) is 4.98 Å². The van der Waals surface area contributed by atoms with Crippen LogP contribution in [-0.4, -0.2) is 39.2 Å². The van der Waals surface area contributed by atoms with Crippen molar-refractivity contribution < 1.29 is 4.79 Å². The van der Waals surface area contributed by atoms with E-state index < -0.39 is 0 Å². The third-order valence-corrected chi connectivity index (χ3v) is 6.75. The number of para-hydroxylation sites is 1. The lowest BCUT2D eigenvalue weighted by Crippen LogP contribution is -2.40. The first-order chi connectivity index (χ1) is 14.4. The van der Waals surface area contributed by atoms with Crippen LogP contribution < -0.4 is 5.56 Å². The van der Waals surface area contributed by atoms with Gasteiger partial charge in [0.25, 0.3) is 5.56 Å². The Hall–Kier alpha value is -2.60. The number of aryl methyl sites for hydroxylation is 2. The highest BCUT2D eigenvalue weighted by molar-refractivity contribution is 7.99. The topological polar surface area (TPSA) is 55.2 Å². The average molecular weight is 422 g/mol. The molecular formula is C24H27N3O2S. The number of thioether (sulfide) groups is 1. The molecular weight excluding hydrogens is 394 g/mol. The minimum Gasteiger partial charge on any atom is -0.342 e. The van der Waals surface area contributed by atoms with Gasteiger partial charge in [-0.05, 0) is 68.0 Å². The van der Waals surface area contributed by atoms with E-state index in [2.05, 4.69) is 13.8 Å². The van der Waals surface area contributed by atoms with Gasteiger partial charge < -0.3 is 4.90 Å². The monoisotopic (exact) mass is 421 g/mol. The number of aromatic nitrogens is 2. The molecule has 30 heavy (non-hydrogen) atoms. The van der Waals surface area contributed by atoms with E-state index in [1.165, 1.54) is 23.7 Å². The maximum absolute atomic E-state index is 13.3. The Morgan fingerprint density at radius 2 is 1.97 bits per heavy atom. The Morgan fingerprint density at radius 1 is 1.17 bits per heavy atom. The molecule has 0 unspecified atom stereocenters. The first kappa shape index (κ1) is 20.7. The van der Waals surface area contributed by atoms with Gasteiger partial charge in [0.2, 0.25) is 5.91 Å². The molecule has 156 valence electrons. The summed E-state index contributed by atoms with van der Waals surface area (Å²) in [5.74, 6) is 0.934. The molecule has 2 aromatic carbocycles. The summed E-state index contributed by atoms with van der Waals surface area (Å²) < 4.78 is 1.64. The van der Waals surface area contributed by atoms with Crippen LogP contribution >= 0.6 is 11.8 Å². The lowest BCUT2D eigenvalue weighted by Gasteiger charge is -2.30. The number of benzene rings is 2. The fourth-order valence-corrected chi connectivity index (χ4v) is 4.85. The molecule has 0 spiro atoms. The number of nitrogens with zero attached hydrogens (tertiary/aromatic N) is 3. The van der Waals surface area contributed by atoms with E-state index in [1.54, 1.807) is 10.6 Å². The Labute approximate surface area is 181 Å². The Bertz CT molecular complexity index is 1150. The van der Waals surface area contributed by atoms with Gasteiger partial charge in [-0.2, -0.15) is 0 Å². The second-order valence-electron chi connectivity index (χ2n) is 8.20. The van der Waals surface area contributed by atoms with Crippen molar-refractivity contribution in [1.29, 1.82) is 0 Å². The third kappa shape index (κ3) is 4.15. The first-order valence-corrected chi connectivity index (χ1v) is 11.4. The summed E-state index contributed by atoms with van der Waals surface area (Å²) in [6.45, 7) is 7.91. The second-order valence-corrected chi connectivity index (χ2v) is 9.14. The average Bonchev–Trinajstić information content (AvgIpc) is 2.74. The van der Waals surface area contributed by atoms with E-state index in [0.29, 0.717) is 22.0 Å². The van der Waals surface area contributed by atoms with E-state index >= 15 is 0 Å². The molecule has 1 saturated heterocycles. The highest BCUT2D eigenvalue weighted by Crippen LogP contribution is 2.24. The SMILES string of the molecule is Cc1ccc(-n2c(SCC(=O)N3CCC[C@@H](C)C3)nc3ccccc3c2=O)cc1C. The molecule has 5 nitrogen and oxygen atoms in total. The van der Waals surface area contributed by atoms with E-state index in [1.807, 2.05) is 48.2 Å². The predicted molar refractivity (Wildman–Crippen MR) is 123 cm³/mol. The standard InChI is InChI=1S/C24H27N3O2S/c1-16-7-6-12-26(14-16)22(28)15-30-24-25-21-9-5-4-8-20(21)23(29)27(24)19-11-10-17(2)18(3)13-19/h4-5,8-11,13,16H,6-7,12,14-15H2,1-3H3/t16-/m1/s1. The van der Waals surface area contributed by atoms with Gasteiger partial charge in [-0.3, -0.25) is 14.2 Å². The molecule has 1 fully saturated rings. The number of amides is 1. The number of fused-ring (bicyclic) bond motifs is 1. The van der Waals surface area contributed by atoms with E-state index in [0.717, 1.165) is 30.8 Å². The van der Waals surface area contributed by atoms with Crippen molar-refractivity contribution in [2.24, 2.45) is 5.92 Å². The van der Waals surface area contributed by atoms with Crippen molar-refractivity contribution >= 4 is 28.6 Å². The third-order valence-electron chi connectivity index (χ3n) is 5.83. The van der Waals surface area contributed by atoms with Gasteiger partial charge in [-0.1, -0.05) is 36.9 Å². The van der Waals surface area contributed by atoms with Crippen LogP contribution in [0.4, 0.5) is 0 Å². The normalized spacial score (nSPS) is 16.8. The molecule has 1 aliphatic heterocycles. The maximum Gasteiger partial charge on any atom is 0.266 e. The largest absolute Gasteiger partial charge is 0.342 e. The van der Waals surface area contributed by atoms with Gasteiger partial charge in [-0.15, -0.1) is 0 Å². The van der Waals surface area contributed by atoms with Crippen molar-refractivity contribution in [3.63, 3.8) is 0 Å². The zero-order chi connectivity index (χ0) is 21.3. The zero-order valence-corrected chi connectivity index (χ0v) is 18.5. The van der Waals surface area contributed by atoms with Crippen molar-refractivity contribution in [2.45, 2.75) is 38.8 Å². The number of rotatable bonds is 4. The summed E-state index contributed by atoms with van der Waals surface area (Å²) in [7, 11) is 0. The van der Waals surface area contributed by atoms with E-state index in [-0.39, 0.29) is 17.2 Å². The van der Waals surface area contributed by atoms with Crippen LogP contribution in [0, 0.1) is 19.8 Å². The Balaban J connectivity index is 1.71. The number of carbonyl (C=O) groups is 1. The molecule has 0 aliphatic carbocycles. The Morgan fingerprint density at radius 3 is 2.73 bits per heavy atom. The maximum atomic E-state index is 13.3. The molecule has 1 aliphatic rings. The lowest BCUT2D eigenvalue weighted by molar-refractivity contribution is -0.130. The van der Waals surface area contributed by atoms with Crippen molar-refractivity contribution in [1.82, 2.24) is 14.5 Å². The van der Waals surface area contributed by atoms with Crippen LogP contribution in [0.25, 0.3) is 16.6 Å². The number of hydrogen-bond donors (Lipinski definition) is 0. The molecule has 4 rings (SSSR count). The van der Waals surface area contributed by atoms with Crippen LogP contribution in [0.1, 0.15) is 30.9 Å². The van der Waals surface area contributed by atoms with Crippen LogP contribution in [0.15, 0.2) is 52.4 Å². The Kier molecular flexibility index (Phi) is 5.95. The van der Waals surface area contributed by atoms with Crippen LogP contribution in [0.2, 0.25) is 0 Å². The fraction of sp³-hybridized carbons (Fsp3) is 0.375. The number of likely N-dealkylation sites (tertiary alicyclic amines) is 1. The highest BCUT2D eigenvalue weighted by atomic mass is 32.2. The molecule has 6 heteroatoms. The minimum atomic E-state index is -0.106. The molecule has 1 amide bonds. The summed E-state index contributed by atoms with van der Waals surface area (Å²) in [6, 6.07) is 13.3. The van der Waals surface area contributed by atoms with Crippen molar-refractivity contribution in [3.8, 4) is 5.69 Å². The highest BCUT2D eigenvalue weighted by Gasteiger charge is 2.22. The van der Waals surface area contributed by atoms with E-state index in [4.69, 9.17) is 4.98 Å². The van der Waals surface area contributed by atoms with Gasteiger partial charge in [0, 0.05) is 13.1 Å². The van der Waals surface area contributed by atoms with Crippen molar-refractivity contribution in [2.75, 3.05) is 18.8 Å². The van der Waals surface area contributed by atoms with Crippen LogP contribution in [0.5, 0.6) is 0 Å². The molecule has 0 radical (unpaired) electrons. The summed E-state index contributed by atoms with van der Waals surface area (Å²) in [6.07, 6.45) is 2.23. The summed E-state index contributed by atoms with van der Waals surface area (Å²) in [4.78, 5) is 32.8. The zero-order valence-electron chi connectivity index (χ0n) is 17.7. The van der Waals surface area contributed by atoms with Crippen LogP contribution in [-0.2, 0) is 4.79 Å². The molecule has 0 N–H and O–H groups in total. The van der Waals surface area contributed by atoms with Gasteiger partial charge in [0.05, 0.1) is 22.3 Å². The molecule has 0 saturated carbocycles. The van der Waals surface area contributed by atoms with E-state index in [9.17, 15) is 9.59 Å². The smallest absolute Gasteiger partial charge is 0.266 e. The van der Waals surface area contributed by atoms with Gasteiger partial charge >= 0.3 is 0 Å².